The second-order valence-corrected chi connectivity index (χ2v) is 8.15. The van der Waals surface area contributed by atoms with Crippen LogP contribution in [0.1, 0.15) is 26.5 Å². The molecule has 1 aliphatic rings. The summed E-state index contributed by atoms with van der Waals surface area (Å²) in [6.07, 6.45) is -0.892. The van der Waals surface area contributed by atoms with Crippen LogP contribution in [0.4, 0.5) is 4.79 Å². The van der Waals surface area contributed by atoms with E-state index in [0.717, 1.165) is 0 Å². The highest BCUT2D eigenvalue weighted by molar-refractivity contribution is 5.86. The largest absolute Gasteiger partial charge is 0.469 e. The Labute approximate surface area is 174 Å². The number of aromatic nitrogens is 2. The van der Waals surface area contributed by atoms with E-state index >= 15 is 0 Å². The third-order valence-electron chi connectivity index (χ3n) is 4.65. The smallest absolute Gasteiger partial charge is 0.410 e. The van der Waals surface area contributed by atoms with Gasteiger partial charge >= 0.3 is 12.1 Å². The van der Waals surface area contributed by atoms with Crippen LogP contribution in [0.15, 0.2) is 29.1 Å². The van der Waals surface area contributed by atoms with E-state index in [1.165, 1.54) is 11.8 Å². The second kappa shape index (κ2) is 8.83. The Bertz CT molecular complexity index is 994. The maximum absolute atomic E-state index is 12.9. The zero-order chi connectivity index (χ0) is 21.9. The van der Waals surface area contributed by atoms with E-state index < -0.39 is 23.8 Å². The SMILES string of the molecule is COC(=O)Cc1nn(CC2CN(C(=O)OC(C)(C)C)CCO2)c(=O)c2ccccc12. The van der Waals surface area contributed by atoms with Gasteiger partial charge in [-0.05, 0) is 26.8 Å². The molecule has 0 saturated carbocycles. The Morgan fingerprint density at radius 3 is 2.60 bits per heavy atom. The van der Waals surface area contributed by atoms with Crippen molar-refractivity contribution in [3.05, 3.63) is 40.3 Å². The molecule has 1 unspecified atom stereocenters. The predicted molar refractivity (Wildman–Crippen MR) is 109 cm³/mol. The van der Waals surface area contributed by atoms with Crippen LogP contribution in [-0.4, -0.2) is 65.3 Å². The number of hydrogen-bond acceptors (Lipinski definition) is 7. The normalized spacial score (nSPS) is 17.1. The molecule has 162 valence electrons. The number of amides is 1. The summed E-state index contributed by atoms with van der Waals surface area (Å²) < 4.78 is 17.2. The van der Waals surface area contributed by atoms with Crippen LogP contribution in [0, 0.1) is 0 Å². The summed E-state index contributed by atoms with van der Waals surface area (Å²) in [5.41, 5.74) is -0.418. The monoisotopic (exact) mass is 417 g/mol. The molecule has 0 spiro atoms. The van der Waals surface area contributed by atoms with Crippen LogP contribution in [0.3, 0.4) is 0 Å². The number of carbonyl (C=O) groups is 2. The van der Waals surface area contributed by atoms with E-state index in [1.54, 1.807) is 29.2 Å². The highest BCUT2D eigenvalue weighted by Gasteiger charge is 2.29. The van der Waals surface area contributed by atoms with Gasteiger partial charge in [0.25, 0.3) is 5.56 Å². The molecule has 1 amide bonds. The van der Waals surface area contributed by atoms with E-state index in [2.05, 4.69) is 5.10 Å². The molecule has 0 N–H and O–H groups in total. The maximum Gasteiger partial charge on any atom is 0.410 e. The summed E-state index contributed by atoms with van der Waals surface area (Å²) in [6.45, 7) is 6.61. The molecular weight excluding hydrogens is 390 g/mol. The lowest BCUT2D eigenvalue weighted by Gasteiger charge is -2.34. The topological polar surface area (TPSA) is 100.0 Å². The van der Waals surface area contributed by atoms with Crippen molar-refractivity contribution in [2.75, 3.05) is 26.8 Å². The third-order valence-corrected chi connectivity index (χ3v) is 4.65. The van der Waals surface area contributed by atoms with Crippen molar-refractivity contribution in [1.29, 1.82) is 0 Å². The van der Waals surface area contributed by atoms with Crippen LogP contribution in [0.25, 0.3) is 10.8 Å². The average Bonchev–Trinajstić information content (AvgIpc) is 2.70. The Kier molecular flexibility index (Phi) is 6.40. The van der Waals surface area contributed by atoms with Gasteiger partial charge in [-0.25, -0.2) is 9.48 Å². The summed E-state index contributed by atoms with van der Waals surface area (Å²) in [5, 5.41) is 5.48. The van der Waals surface area contributed by atoms with Crippen molar-refractivity contribution < 1.29 is 23.8 Å². The summed E-state index contributed by atoms with van der Waals surface area (Å²) in [5.74, 6) is -0.442. The molecule has 1 aromatic carbocycles. The first kappa shape index (κ1) is 21.8. The molecule has 3 rings (SSSR count). The predicted octanol–water partition coefficient (Wildman–Crippen LogP) is 1.75. The van der Waals surface area contributed by atoms with Crippen LogP contribution < -0.4 is 5.56 Å². The summed E-state index contributed by atoms with van der Waals surface area (Å²) in [4.78, 5) is 38.7. The molecule has 1 fully saturated rings. The van der Waals surface area contributed by atoms with E-state index in [4.69, 9.17) is 14.2 Å². The highest BCUT2D eigenvalue weighted by atomic mass is 16.6. The molecule has 2 heterocycles. The van der Waals surface area contributed by atoms with Crippen molar-refractivity contribution in [3.8, 4) is 0 Å². The van der Waals surface area contributed by atoms with Crippen molar-refractivity contribution in [2.24, 2.45) is 0 Å². The molecule has 1 aromatic heterocycles. The van der Waals surface area contributed by atoms with Gasteiger partial charge in [-0.3, -0.25) is 9.59 Å². The van der Waals surface area contributed by atoms with Crippen LogP contribution >= 0.6 is 0 Å². The molecule has 0 aliphatic carbocycles. The number of esters is 1. The Hall–Kier alpha value is -2.94. The lowest BCUT2D eigenvalue weighted by molar-refractivity contribution is -0.139. The number of morpholine rings is 1. The number of carbonyl (C=O) groups excluding carboxylic acids is 2. The van der Waals surface area contributed by atoms with Gasteiger partial charge in [0, 0.05) is 11.9 Å². The van der Waals surface area contributed by atoms with Gasteiger partial charge < -0.3 is 19.1 Å². The Balaban J connectivity index is 1.84. The first-order valence-corrected chi connectivity index (χ1v) is 9.83. The van der Waals surface area contributed by atoms with Crippen LogP contribution in [0.2, 0.25) is 0 Å². The molecule has 9 heteroatoms. The van der Waals surface area contributed by atoms with Gasteiger partial charge in [-0.15, -0.1) is 0 Å². The minimum absolute atomic E-state index is 0.0488. The number of fused-ring (bicyclic) bond motifs is 1. The van der Waals surface area contributed by atoms with Crippen molar-refractivity contribution in [3.63, 3.8) is 0 Å². The lowest BCUT2D eigenvalue weighted by atomic mass is 10.1. The van der Waals surface area contributed by atoms with Crippen molar-refractivity contribution >= 4 is 22.8 Å². The second-order valence-electron chi connectivity index (χ2n) is 8.15. The third kappa shape index (κ3) is 5.15. The van der Waals surface area contributed by atoms with E-state index in [9.17, 15) is 14.4 Å². The van der Waals surface area contributed by atoms with Crippen molar-refractivity contribution in [1.82, 2.24) is 14.7 Å². The van der Waals surface area contributed by atoms with E-state index in [1.807, 2.05) is 20.8 Å². The summed E-state index contributed by atoms with van der Waals surface area (Å²) in [6, 6.07) is 7.01. The summed E-state index contributed by atoms with van der Waals surface area (Å²) >= 11 is 0. The van der Waals surface area contributed by atoms with Gasteiger partial charge in [-0.1, -0.05) is 18.2 Å². The number of methoxy groups -OCH3 is 1. The van der Waals surface area contributed by atoms with Gasteiger partial charge in [0.15, 0.2) is 0 Å². The highest BCUT2D eigenvalue weighted by Crippen LogP contribution is 2.16. The number of rotatable bonds is 4. The first-order chi connectivity index (χ1) is 14.2. The lowest BCUT2D eigenvalue weighted by Crippen LogP contribution is -2.49. The minimum atomic E-state index is -0.593. The van der Waals surface area contributed by atoms with Gasteiger partial charge in [0.2, 0.25) is 0 Å². The molecule has 30 heavy (non-hydrogen) atoms. The standard InChI is InChI=1S/C21H27N3O6/c1-21(2,3)30-20(27)23-9-10-29-14(12-23)13-24-19(26)16-8-6-5-7-15(16)17(22-24)11-18(25)28-4/h5-8,14H,9-13H2,1-4H3. The molecule has 1 atom stereocenters. The maximum atomic E-state index is 12.9. The molecule has 2 aromatic rings. The Morgan fingerprint density at radius 2 is 1.93 bits per heavy atom. The fraction of sp³-hybridized carbons (Fsp3) is 0.524. The molecule has 0 radical (unpaired) electrons. The zero-order valence-corrected chi connectivity index (χ0v) is 17.7. The van der Waals surface area contributed by atoms with Gasteiger partial charge in [-0.2, -0.15) is 5.10 Å². The fourth-order valence-electron chi connectivity index (χ4n) is 3.28. The van der Waals surface area contributed by atoms with Crippen LogP contribution in [-0.2, 0) is 32.0 Å². The number of hydrogen-bond donors (Lipinski definition) is 0. The van der Waals surface area contributed by atoms with E-state index in [-0.39, 0.29) is 25.1 Å². The molecule has 1 saturated heterocycles. The Morgan fingerprint density at radius 1 is 1.23 bits per heavy atom. The van der Waals surface area contributed by atoms with Gasteiger partial charge in [0.05, 0.1) is 50.4 Å². The fourth-order valence-corrected chi connectivity index (χ4v) is 3.28. The first-order valence-electron chi connectivity index (χ1n) is 9.83. The zero-order valence-electron chi connectivity index (χ0n) is 17.7. The average molecular weight is 417 g/mol. The molecular formula is C21H27N3O6. The minimum Gasteiger partial charge on any atom is -0.469 e. The van der Waals surface area contributed by atoms with Crippen molar-refractivity contribution in [2.45, 2.75) is 45.4 Å². The molecule has 0 bridgehead atoms. The molecule has 1 aliphatic heterocycles. The summed E-state index contributed by atoms with van der Waals surface area (Å²) in [7, 11) is 1.31. The number of ether oxygens (including phenoxy) is 3. The molecule has 9 nitrogen and oxygen atoms in total. The van der Waals surface area contributed by atoms with Crippen LogP contribution in [0.5, 0.6) is 0 Å². The number of benzene rings is 1. The number of nitrogens with zero attached hydrogens (tertiary/aromatic N) is 3. The van der Waals surface area contributed by atoms with E-state index in [0.29, 0.717) is 29.6 Å². The van der Waals surface area contributed by atoms with Gasteiger partial charge in [0.1, 0.15) is 5.60 Å². The quantitative estimate of drug-likeness (QED) is 0.699.